The van der Waals surface area contributed by atoms with Crippen LogP contribution in [0, 0.1) is 13.8 Å². The van der Waals surface area contributed by atoms with E-state index < -0.39 is 0 Å². The molecule has 0 fully saturated rings. The van der Waals surface area contributed by atoms with Crippen molar-refractivity contribution in [1.82, 2.24) is 0 Å². The van der Waals surface area contributed by atoms with E-state index in [0.29, 0.717) is 0 Å². The molecule has 0 atom stereocenters. The van der Waals surface area contributed by atoms with Crippen molar-refractivity contribution in [3.8, 4) is 5.75 Å². The van der Waals surface area contributed by atoms with Crippen LogP contribution in [0.4, 0.5) is 0 Å². The number of aryl methyl sites for hydroxylation is 2. The molecule has 1 aromatic carbocycles. The van der Waals surface area contributed by atoms with Crippen LogP contribution in [-0.4, -0.2) is 0 Å². The zero-order valence-corrected chi connectivity index (χ0v) is 7.44. The van der Waals surface area contributed by atoms with Crippen LogP contribution in [0.2, 0.25) is 0 Å². The monoisotopic (exact) mass is 173 g/mol. The molecule has 0 radical (unpaired) electrons. The standard InChI is InChI=1S/C8H11NO.ClH/c1-6-3-4-8(10-9)7(2)5-6;/h3-5H,9H2,1-2H3;1H. The average Bonchev–Trinajstić information content (AvgIpc) is 1.88. The minimum atomic E-state index is 0. The smallest absolute Gasteiger partial charge is 0.149 e. The van der Waals surface area contributed by atoms with Crippen molar-refractivity contribution < 1.29 is 4.84 Å². The van der Waals surface area contributed by atoms with Gasteiger partial charge in [0.1, 0.15) is 5.75 Å². The first kappa shape index (κ1) is 10.3. The molecule has 0 unspecified atom stereocenters. The molecule has 0 saturated carbocycles. The van der Waals surface area contributed by atoms with E-state index in [1.165, 1.54) is 5.56 Å². The highest BCUT2D eigenvalue weighted by atomic mass is 35.5. The second-order valence-electron chi connectivity index (χ2n) is 2.39. The minimum absolute atomic E-state index is 0. The molecule has 0 amide bonds. The molecule has 1 rings (SSSR count). The van der Waals surface area contributed by atoms with Gasteiger partial charge < -0.3 is 4.84 Å². The lowest BCUT2D eigenvalue weighted by Gasteiger charge is -2.02. The van der Waals surface area contributed by atoms with E-state index >= 15 is 0 Å². The van der Waals surface area contributed by atoms with Gasteiger partial charge in [-0.2, -0.15) is 5.90 Å². The summed E-state index contributed by atoms with van der Waals surface area (Å²) >= 11 is 0. The maximum absolute atomic E-state index is 5.00. The Morgan fingerprint density at radius 1 is 1.27 bits per heavy atom. The van der Waals surface area contributed by atoms with Crippen LogP contribution in [0.15, 0.2) is 18.2 Å². The molecule has 0 heterocycles. The first-order valence-electron chi connectivity index (χ1n) is 3.18. The van der Waals surface area contributed by atoms with E-state index in [1.807, 2.05) is 32.0 Å². The molecule has 0 aliphatic heterocycles. The van der Waals surface area contributed by atoms with Crippen molar-refractivity contribution in [2.75, 3.05) is 0 Å². The minimum Gasteiger partial charge on any atom is -0.411 e. The number of hydrogen-bond acceptors (Lipinski definition) is 2. The Bertz CT molecular complexity index is 238. The Hall–Kier alpha value is -0.730. The number of rotatable bonds is 1. The highest BCUT2D eigenvalue weighted by Gasteiger charge is 1.95. The lowest BCUT2D eigenvalue weighted by atomic mass is 10.1. The number of nitrogens with two attached hydrogens (primary N) is 1. The van der Waals surface area contributed by atoms with E-state index in [9.17, 15) is 0 Å². The molecule has 0 aliphatic carbocycles. The van der Waals surface area contributed by atoms with Gasteiger partial charge >= 0.3 is 0 Å². The fourth-order valence-corrected chi connectivity index (χ4v) is 0.932. The van der Waals surface area contributed by atoms with Gasteiger partial charge in [-0.25, -0.2) is 0 Å². The zero-order chi connectivity index (χ0) is 7.56. The van der Waals surface area contributed by atoms with Crippen LogP contribution in [0.3, 0.4) is 0 Å². The van der Waals surface area contributed by atoms with E-state index in [4.69, 9.17) is 5.90 Å². The van der Waals surface area contributed by atoms with Crippen molar-refractivity contribution in [3.05, 3.63) is 29.3 Å². The fraction of sp³-hybridized carbons (Fsp3) is 0.250. The van der Waals surface area contributed by atoms with Gasteiger partial charge in [0.2, 0.25) is 0 Å². The van der Waals surface area contributed by atoms with Crippen molar-refractivity contribution in [2.24, 2.45) is 5.90 Å². The Balaban J connectivity index is 0.000001000. The normalized spacial score (nSPS) is 8.64. The van der Waals surface area contributed by atoms with E-state index in [2.05, 4.69) is 4.84 Å². The summed E-state index contributed by atoms with van der Waals surface area (Å²) < 4.78 is 0. The summed E-state index contributed by atoms with van der Waals surface area (Å²) in [4.78, 5) is 4.60. The number of benzene rings is 1. The quantitative estimate of drug-likeness (QED) is 0.660. The van der Waals surface area contributed by atoms with Crippen molar-refractivity contribution >= 4 is 12.4 Å². The molecule has 11 heavy (non-hydrogen) atoms. The lowest BCUT2D eigenvalue weighted by Crippen LogP contribution is -2.03. The molecular weight excluding hydrogens is 162 g/mol. The lowest BCUT2D eigenvalue weighted by molar-refractivity contribution is 0.332. The molecule has 0 saturated heterocycles. The van der Waals surface area contributed by atoms with Crippen LogP contribution < -0.4 is 10.7 Å². The second-order valence-corrected chi connectivity index (χ2v) is 2.39. The van der Waals surface area contributed by atoms with Crippen LogP contribution in [0.25, 0.3) is 0 Å². The van der Waals surface area contributed by atoms with E-state index in [-0.39, 0.29) is 12.4 Å². The molecule has 1 aromatic rings. The predicted octanol–water partition coefficient (Wildman–Crippen LogP) is 1.98. The second kappa shape index (κ2) is 4.21. The Morgan fingerprint density at radius 3 is 2.36 bits per heavy atom. The van der Waals surface area contributed by atoms with Crippen LogP contribution >= 0.6 is 12.4 Å². The van der Waals surface area contributed by atoms with Crippen molar-refractivity contribution in [3.63, 3.8) is 0 Å². The summed E-state index contributed by atoms with van der Waals surface area (Å²) in [6, 6.07) is 5.86. The van der Waals surface area contributed by atoms with Gasteiger partial charge in [0.25, 0.3) is 0 Å². The van der Waals surface area contributed by atoms with E-state index in [1.54, 1.807) is 0 Å². The third kappa shape index (κ3) is 2.41. The predicted molar refractivity (Wildman–Crippen MR) is 48.0 cm³/mol. The summed E-state index contributed by atoms with van der Waals surface area (Å²) in [6.45, 7) is 4.00. The highest BCUT2D eigenvalue weighted by Crippen LogP contribution is 2.16. The average molecular weight is 174 g/mol. The summed E-state index contributed by atoms with van der Waals surface area (Å²) in [6.07, 6.45) is 0. The van der Waals surface area contributed by atoms with Gasteiger partial charge in [0.05, 0.1) is 0 Å². The molecule has 0 spiro atoms. The van der Waals surface area contributed by atoms with Gasteiger partial charge in [-0.1, -0.05) is 17.7 Å². The Labute approximate surface area is 72.7 Å². The van der Waals surface area contributed by atoms with E-state index in [0.717, 1.165) is 11.3 Å². The van der Waals surface area contributed by atoms with Crippen molar-refractivity contribution in [2.45, 2.75) is 13.8 Å². The highest BCUT2D eigenvalue weighted by molar-refractivity contribution is 5.85. The number of hydrogen-bond donors (Lipinski definition) is 1. The van der Waals surface area contributed by atoms with Gasteiger partial charge in [-0.3, -0.25) is 0 Å². The SMILES string of the molecule is Cc1ccc(ON)c(C)c1.Cl. The van der Waals surface area contributed by atoms with Crippen LogP contribution in [0.5, 0.6) is 5.75 Å². The van der Waals surface area contributed by atoms with Crippen LogP contribution in [0.1, 0.15) is 11.1 Å². The van der Waals surface area contributed by atoms with Gasteiger partial charge in [-0.05, 0) is 25.5 Å². The van der Waals surface area contributed by atoms with Gasteiger partial charge in [0, 0.05) is 0 Å². The zero-order valence-electron chi connectivity index (χ0n) is 6.63. The Kier molecular flexibility index (Phi) is 3.93. The molecule has 3 heteroatoms. The van der Waals surface area contributed by atoms with Gasteiger partial charge in [0.15, 0.2) is 0 Å². The third-order valence-corrected chi connectivity index (χ3v) is 1.46. The summed E-state index contributed by atoms with van der Waals surface area (Å²) in [7, 11) is 0. The summed E-state index contributed by atoms with van der Waals surface area (Å²) in [5.74, 6) is 5.74. The molecule has 0 bridgehead atoms. The summed E-state index contributed by atoms with van der Waals surface area (Å²) in [5.41, 5.74) is 2.29. The molecule has 62 valence electrons. The molecule has 0 aliphatic rings. The molecule has 2 nitrogen and oxygen atoms in total. The number of halogens is 1. The third-order valence-electron chi connectivity index (χ3n) is 1.46. The first-order chi connectivity index (χ1) is 4.74. The Morgan fingerprint density at radius 2 is 1.91 bits per heavy atom. The largest absolute Gasteiger partial charge is 0.411 e. The fourth-order valence-electron chi connectivity index (χ4n) is 0.932. The first-order valence-corrected chi connectivity index (χ1v) is 3.18. The molecular formula is C8H12ClNO. The van der Waals surface area contributed by atoms with Crippen molar-refractivity contribution in [1.29, 1.82) is 0 Å². The van der Waals surface area contributed by atoms with Gasteiger partial charge in [-0.15, -0.1) is 12.4 Å². The maximum atomic E-state index is 5.00. The molecule has 0 aromatic heterocycles. The topological polar surface area (TPSA) is 35.2 Å². The van der Waals surface area contributed by atoms with Crippen LogP contribution in [-0.2, 0) is 0 Å². The maximum Gasteiger partial charge on any atom is 0.149 e. The summed E-state index contributed by atoms with van der Waals surface area (Å²) in [5, 5.41) is 0. The molecule has 2 N–H and O–H groups in total.